The third kappa shape index (κ3) is 10.3. The van der Waals surface area contributed by atoms with Crippen LogP contribution in [0.3, 0.4) is 0 Å². The fourth-order valence-electron chi connectivity index (χ4n) is 3.00. The van der Waals surface area contributed by atoms with Crippen molar-refractivity contribution < 1.29 is 23.9 Å². The second-order valence-electron chi connectivity index (χ2n) is 7.88. The molecule has 32 heavy (non-hydrogen) atoms. The second-order valence-corrected chi connectivity index (χ2v) is 9.01. The molecule has 0 aromatic heterocycles. The highest BCUT2D eigenvalue weighted by Gasteiger charge is 2.17. The number of hydrogen-bond donors (Lipinski definition) is 2. The molecule has 2 N–H and O–H groups in total. The molecule has 0 aliphatic heterocycles. The lowest BCUT2D eigenvalue weighted by atomic mass is 10.0. The van der Waals surface area contributed by atoms with Gasteiger partial charge in [0, 0.05) is 23.1 Å². The number of rotatable bonds is 14. The van der Waals surface area contributed by atoms with Crippen LogP contribution < -0.4 is 10.6 Å². The first-order valence-electron chi connectivity index (χ1n) is 11.2. The van der Waals surface area contributed by atoms with E-state index in [1.165, 1.54) is 25.6 Å². The molecule has 0 radical (unpaired) electrons. The van der Waals surface area contributed by atoms with E-state index in [2.05, 4.69) is 24.5 Å². The van der Waals surface area contributed by atoms with E-state index in [0.717, 1.165) is 25.7 Å². The number of Topliss-reactive ketones (excluding diaryl/α,β-unsaturated/α-hetero) is 1. The molecule has 0 heterocycles. The molecule has 0 aliphatic rings. The number of nitrogens with one attached hydrogen (secondary N) is 2. The van der Waals surface area contributed by atoms with Gasteiger partial charge in [0.25, 0.3) is 0 Å². The number of amides is 2. The van der Waals surface area contributed by atoms with Crippen LogP contribution in [0.5, 0.6) is 0 Å². The Hall–Kier alpha value is -2.35. The maximum Gasteiger partial charge on any atom is 0.306 e. The normalized spacial score (nSPS) is 12.5. The van der Waals surface area contributed by atoms with Crippen LogP contribution in [0.15, 0.2) is 23.1 Å². The minimum atomic E-state index is -0.702. The van der Waals surface area contributed by atoms with Gasteiger partial charge in [0.2, 0.25) is 11.8 Å². The topological polar surface area (TPSA) is 102 Å². The Morgan fingerprint density at radius 1 is 1.12 bits per heavy atom. The molecule has 8 heteroatoms. The lowest BCUT2D eigenvalue weighted by molar-refractivity contribution is -0.144. The van der Waals surface area contributed by atoms with Crippen LogP contribution in [-0.2, 0) is 19.1 Å². The van der Waals surface area contributed by atoms with Gasteiger partial charge in [-0.05, 0) is 44.4 Å². The van der Waals surface area contributed by atoms with E-state index in [0.29, 0.717) is 34.4 Å². The summed E-state index contributed by atoms with van der Waals surface area (Å²) < 4.78 is 5.44. The fraction of sp³-hybridized carbons (Fsp3) is 0.583. The van der Waals surface area contributed by atoms with Gasteiger partial charge in [0.05, 0.1) is 18.7 Å². The number of anilines is 1. The average Bonchev–Trinajstić information content (AvgIpc) is 2.74. The highest BCUT2D eigenvalue weighted by molar-refractivity contribution is 7.99. The van der Waals surface area contributed by atoms with E-state index in [1.54, 1.807) is 25.1 Å². The predicted octanol–water partition coefficient (Wildman–Crippen LogP) is 4.59. The largest absolute Gasteiger partial charge is 0.465 e. The monoisotopic (exact) mass is 464 g/mol. The smallest absolute Gasteiger partial charge is 0.306 e. The summed E-state index contributed by atoms with van der Waals surface area (Å²) in [7, 11) is 0. The second kappa shape index (κ2) is 14.7. The van der Waals surface area contributed by atoms with Crippen LogP contribution in [-0.4, -0.2) is 42.0 Å². The van der Waals surface area contributed by atoms with Gasteiger partial charge in [-0.1, -0.05) is 33.1 Å². The van der Waals surface area contributed by atoms with Gasteiger partial charge in [0.15, 0.2) is 5.78 Å². The van der Waals surface area contributed by atoms with Crippen LogP contribution in [0.1, 0.15) is 77.1 Å². The van der Waals surface area contributed by atoms with Gasteiger partial charge >= 0.3 is 5.97 Å². The summed E-state index contributed by atoms with van der Waals surface area (Å²) in [6, 6.07) is 4.30. The Morgan fingerprint density at radius 2 is 1.84 bits per heavy atom. The van der Waals surface area contributed by atoms with Gasteiger partial charge in [-0.25, -0.2) is 0 Å². The van der Waals surface area contributed by atoms with Crippen LogP contribution in [0, 0.1) is 5.92 Å². The van der Waals surface area contributed by atoms with Crippen LogP contribution >= 0.6 is 11.8 Å². The maximum absolute atomic E-state index is 12.4. The third-order valence-electron chi connectivity index (χ3n) is 5.05. The number of ether oxygens (including phenoxy) is 1. The zero-order chi connectivity index (χ0) is 24.1. The number of benzene rings is 1. The Bertz CT molecular complexity index is 797. The maximum atomic E-state index is 12.4. The summed E-state index contributed by atoms with van der Waals surface area (Å²) >= 11 is 1.37. The van der Waals surface area contributed by atoms with E-state index in [1.807, 2.05) is 0 Å². The number of carbonyl (C=O) groups excluding carboxylic acids is 4. The van der Waals surface area contributed by atoms with Crippen molar-refractivity contribution in [1.29, 1.82) is 0 Å². The van der Waals surface area contributed by atoms with Gasteiger partial charge in [0.1, 0.15) is 6.04 Å². The fourth-order valence-corrected chi connectivity index (χ4v) is 3.97. The number of hydrogen-bond acceptors (Lipinski definition) is 6. The van der Waals surface area contributed by atoms with Crippen molar-refractivity contribution in [3.63, 3.8) is 0 Å². The van der Waals surface area contributed by atoms with Gasteiger partial charge < -0.3 is 15.4 Å². The SMILES string of the molecule is CCCCC(CC)COC(=O)CCSc1cc(C(C)=O)ccc1NC(=O)C(C)NC(C)=O. The summed E-state index contributed by atoms with van der Waals surface area (Å²) in [5.74, 6) is -0.155. The minimum absolute atomic E-state index is 0.0894. The lowest BCUT2D eigenvalue weighted by Gasteiger charge is -2.16. The quantitative estimate of drug-likeness (QED) is 0.237. The molecule has 1 rings (SSSR count). The molecule has 2 amide bonds. The molecule has 1 aromatic rings. The molecule has 2 unspecified atom stereocenters. The van der Waals surface area contributed by atoms with E-state index < -0.39 is 6.04 Å². The Labute approximate surface area is 195 Å². The molecule has 0 fully saturated rings. The van der Waals surface area contributed by atoms with Crippen molar-refractivity contribution in [3.05, 3.63) is 23.8 Å². The molecule has 178 valence electrons. The first-order chi connectivity index (χ1) is 15.2. The minimum Gasteiger partial charge on any atom is -0.465 e. The zero-order valence-electron chi connectivity index (χ0n) is 19.8. The predicted molar refractivity (Wildman–Crippen MR) is 128 cm³/mol. The van der Waals surface area contributed by atoms with E-state index in [9.17, 15) is 19.2 Å². The number of ketones is 1. The van der Waals surface area contributed by atoms with Crippen molar-refractivity contribution in [3.8, 4) is 0 Å². The lowest BCUT2D eigenvalue weighted by Crippen LogP contribution is -2.40. The number of esters is 1. The number of unbranched alkanes of at least 4 members (excludes halogenated alkanes) is 1. The average molecular weight is 465 g/mol. The van der Waals surface area contributed by atoms with Gasteiger partial charge in [-0.2, -0.15) is 0 Å². The first-order valence-corrected chi connectivity index (χ1v) is 12.2. The molecule has 0 saturated carbocycles. The summed E-state index contributed by atoms with van der Waals surface area (Å²) in [5.41, 5.74) is 1.05. The molecule has 2 atom stereocenters. The number of carbonyl (C=O) groups is 4. The standard InChI is InChI=1S/C24H36N2O5S/c1-6-8-9-19(7-2)15-31-23(29)12-13-32-22-14-20(17(4)27)10-11-21(22)26-24(30)16(3)25-18(5)28/h10-11,14,16,19H,6-9,12-13,15H2,1-5H3,(H,25,28)(H,26,30). The van der Waals surface area contributed by atoms with Crippen molar-refractivity contribution in [2.45, 2.75) is 77.7 Å². The van der Waals surface area contributed by atoms with E-state index >= 15 is 0 Å². The van der Waals surface area contributed by atoms with E-state index in [-0.39, 0.29) is 30.0 Å². The summed E-state index contributed by atoms with van der Waals surface area (Å²) in [6.07, 6.45) is 4.54. The zero-order valence-corrected chi connectivity index (χ0v) is 20.6. The van der Waals surface area contributed by atoms with Crippen molar-refractivity contribution >= 4 is 41.0 Å². The van der Waals surface area contributed by atoms with Crippen LogP contribution in [0.2, 0.25) is 0 Å². The summed E-state index contributed by atoms with van der Waals surface area (Å²) in [4.78, 5) is 48.2. The molecule has 1 aromatic carbocycles. The van der Waals surface area contributed by atoms with Crippen molar-refractivity contribution in [2.75, 3.05) is 17.7 Å². The van der Waals surface area contributed by atoms with Crippen LogP contribution in [0.25, 0.3) is 0 Å². The molecule has 0 saturated heterocycles. The molecule has 0 bridgehead atoms. The Morgan fingerprint density at radius 3 is 2.44 bits per heavy atom. The van der Waals surface area contributed by atoms with Crippen LogP contribution in [0.4, 0.5) is 5.69 Å². The molecular weight excluding hydrogens is 428 g/mol. The molecule has 0 aliphatic carbocycles. The van der Waals surface area contributed by atoms with Crippen molar-refractivity contribution in [2.24, 2.45) is 5.92 Å². The first kappa shape index (κ1) is 27.7. The van der Waals surface area contributed by atoms with Gasteiger partial charge in [-0.3, -0.25) is 19.2 Å². The Kier molecular flexibility index (Phi) is 12.7. The Balaban J connectivity index is 2.71. The highest BCUT2D eigenvalue weighted by atomic mass is 32.2. The summed E-state index contributed by atoms with van der Waals surface area (Å²) in [5, 5.41) is 5.32. The van der Waals surface area contributed by atoms with Gasteiger partial charge in [-0.15, -0.1) is 11.8 Å². The molecule has 7 nitrogen and oxygen atoms in total. The summed E-state index contributed by atoms with van der Waals surface area (Å²) in [6.45, 7) is 9.11. The highest BCUT2D eigenvalue weighted by Crippen LogP contribution is 2.29. The van der Waals surface area contributed by atoms with E-state index in [4.69, 9.17) is 4.74 Å². The molecule has 0 spiro atoms. The third-order valence-corrected chi connectivity index (χ3v) is 6.10. The number of thioether (sulfide) groups is 1. The molecular formula is C24H36N2O5S. The van der Waals surface area contributed by atoms with Crippen molar-refractivity contribution in [1.82, 2.24) is 5.32 Å².